The maximum atomic E-state index is 12.8. The van der Waals surface area contributed by atoms with Gasteiger partial charge < -0.3 is 15.0 Å². The monoisotopic (exact) mass is 452 g/mol. The molecule has 5 nitrogen and oxygen atoms in total. The molecule has 0 fully saturated rings. The van der Waals surface area contributed by atoms with Crippen LogP contribution in [0.1, 0.15) is 28.6 Å². The Morgan fingerprint density at radius 2 is 1.93 bits per heavy atom. The number of carbonyl (C=O) groups excluding carboxylic acids is 2. The first-order chi connectivity index (χ1) is 13.0. The topological polar surface area (TPSA) is 58.6 Å². The average molecular weight is 453 g/mol. The van der Waals surface area contributed by atoms with Gasteiger partial charge in [-0.25, -0.2) is 0 Å². The van der Waals surface area contributed by atoms with E-state index < -0.39 is 6.04 Å². The lowest BCUT2D eigenvalue weighted by atomic mass is 10.1. The number of thiophene rings is 1. The quantitative estimate of drug-likeness (QED) is 0.597. The lowest BCUT2D eigenvalue weighted by Gasteiger charge is -2.26. The van der Waals surface area contributed by atoms with Crippen LogP contribution < -0.4 is 5.32 Å². The fourth-order valence-electron chi connectivity index (χ4n) is 2.69. The predicted octanol–water partition coefficient (Wildman–Crippen LogP) is 3.74. The Morgan fingerprint density at radius 3 is 2.56 bits per heavy atom. The van der Waals surface area contributed by atoms with Crippen molar-refractivity contribution in [1.82, 2.24) is 10.2 Å². The summed E-state index contributed by atoms with van der Waals surface area (Å²) in [6.07, 6.45) is 1.76. The van der Waals surface area contributed by atoms with Gasteiger partial charge in [-0.15, -0.1) is 11.3 Å². The first kappa shape index (κ1) is 21.6. The standard InChI is InChI=1S/C20H25BrN2O3S/c1-15(22-19(24)17-10-11-18(21)27-17)20(25)23(13-14-26-2)12-6-9-16-7-4-3-5-8-16/h3-5,7-8,10-11,15H,6,9,12-14H2,1-2H3,(H,22,24). The molecule has 7 heteroatoms. The minimum absolute atomic E-state index is 0.0934. The number of hydrogen-bond donors (Lipinski definition) is 1. The number of amides is 2. The highest BCUT2D eigenvalue weighted by atomic mass is 79.9. The Hall–Kier alpha value is -1.70. The number of rotatable bonds is 10. The second kappa shape index (κ2) is 11.2. The zero-order valence-corrected chi connectivity index (χ0v) is 18.0. The zero-order valence-electron chi connectivity index (χ0n) is 15.6. The number of methoxy groups -OCH3 is 1. The van der Waals surface area contributed by atoms with Gasteiger partial charge in [0.15, 0.2) is 0 Å². The summed E-state index contributed by atoms with van der Waals surface area (Å²) < 4.78 is 6.02. The van der Waals surface area contributed by atoms with E-state index in [-0.39, 0.29) is 11.8 Å². The molecule has 1 heterocycles. The Kier molecular flexibility index (Phi) is 8.97. The molecule has 0 aliphatic rings. The highest BCUT2D eigenvalue weighted by Gasteiger charge is 2.22. The van der Waals surface area contributed by atoms with Gasteiger partial charge in [0, 0.05) is 20.2 Å². The number of ether oxygens (including phenoxy) is 1. The molecule has 0 aliphatic carbocycles. The lowest BCUT2D eigenvalue weighted by molar-refractivity contribution is -0.133. The first-order valence-electron chi connectivity index (χ1n) is 8.89. The SMILES string of the molecule is COCCN(CCCc1ccccc1)C(=O)C(C)NC(=O)c1ccc(Br)s1. The van der Waals surface area contributed by atoms with Crippen LogP contribution in [0.5, 0.6) is 0 Å². The molecule has 1 N–H and O–H groups in total. The Balaban J connectivity index is 1.90. The summed E-state index contributed by atoms with van der Waals surface area (Å²) in [6, 6.07) is 13.2. The summed E-state index contributed by atoms with van der Waals surface area (Å²) >= 11 is 4.69. The molecule has 0 saturated heterocycles. The molecule has 0 spiro atoms. The van der Waals surface area contributed by atoms with Gasteiger partial charge in [0.05, 0.1) is 15.3 Å². The van der Waals surface area contributed by atoms with Crippen molar-refractivity contribution in [3.05, 3.63) is 56.7 Å². The van der Waals surface area contributed by atoms with Crippen LogP contribution in [0.3, 0.4) is 0 Å². The summed E-state index contributed by atoms with van der Waals surface area (Å²) in [4.78, 5) is 27.4. The molecule has 1 unspecified atom stereocenters. The van der Waals surface area contributed by atoms with Crippen molar-refractivity contribution in [3.8, 4) is 0 Å². The van der Waals surface area contributed by atoms with Crippen molar-refractivity contribution in [2.24, 2.45) is 0 Å². The Morgan fingerprint density at radius 1 is 1.19 bits per heavy atom. The van der Waals surface area contributed by atoms with Crippen molar-refractivity contribution >= 4 is 39.1 Å². The third-order valence-corrected chi connectivity index (χ3v) is 5.75. The molecule has 1 atom stereocenters. The maximum Gasteiger partial charge on any atom is 0.262 e. The smallest absolute Gasteiger partial charge is 0.262 e. The molecule has 1 aromatic heterocycles. The molecule has 2 rings (SSSR count). The molecule has 2 aromatic rings. The van der Waals surface area contributed by atoms with E-state index in [1.54, 1.807) is 25.0 Å². The van der Waals surface area contributed by atoms with Crippen molar-refractivity contribution in [1.29, 1.82) is 0 Å². The number of halogens is 1. The first-order valence-corrected chi connectivity index (χ1v) is 10.5. The van der Waals surface area contributed by atoms with Gasteiger partial charge in [-0.1, -0.05) is 30.3 Å². The molecule has 0 saturated carbocycles. The lowest BCUT2D eigenvalue weighted by Crippen LogP contribution is -2.48. The zero-order chi connectivity index (χ0) is 19.6. The van der Waals surface area contributed by atoms with Crippen LogP contribution in [0.2, 0.25) is 0 Å². The number of nitrogens with one attached hydrogen (secondary N) is 1. The summed E-state index contributed by atoms with van der Waals surface area (Å²) in [5, 5.41) is 2.79. The molecule has 27 heavy (non-hydrogen) atoms. The third-order valence-electron chi connectivity index (χ3n) is 4.13. The molecule has 0 radical (unpaired) electrons. The second-order valence-electron chi connectivity index (χ2n) is 6.21. The van der Waals surface area contributed by atoms with Gasteiger partial charge in [-0.2, -0.15) is 0 Å². The normalized spacial score (nSPS) is 11.8. The number of carbonyl (C=O) groups is 2. The van der Waals surface area contributed by atoms with Crippen LogP contribution in [0.15, 0.2) is 46.3 Å². The predicted molar refractivity (Wildman–Crippen MR) is 112 cm³/mol. The van der Waals surface area contributed by atoms with E-state index in [2.05, 4.69) is 33.4 Å². The van der Waals surface area contributed by atoms with Gasteiger partial charge >= 0.3 is 0 Å². The summed E-state index contributed by atoms with van der Waals surface area (Å²) in [5.41, 5.74) is 1.25. The number of benzene rings is 1. The van der Waals surface area contributed by atoms with Gasteiger partial charge in [-0.3, -0.25) is 9.59 Å². The Bertz CT molecular complexity index is 736. The van der Waals surface area contributed by atoms with Crippen LogP contribution in [0, 0.1) is 0 Å². The molecule has 0 bridgehead atoms. The number of nitrogens with zero attached hydrogens (tertiary/aromatic N) is 1. The van der Waals surface area contributed by atoms with Crippen LogP contribution >= 0.6 is 27.3 Å². The van der Waals surface area contributed by atoms with Crippen molar-refractivity contribution in [2.75, 3.05) is 26.8 Å². The second-order valence-corrected chi connectivity index (χ2v) is 8.67. The molecular weight excluding hydrogens is 428 g/mol. The highest BCUT2D eigenvalue weighted by molar-refractivity contribution is 9.11. The maximum absolute atomic E-state index is 12.8. The average Bonchev–Trinajstić information content (AvgIpc) is 3.11. The van der Waals surface area contributed by atoms with Gasteiger partial charge in [-0.05, 0) is 53.4 Å². The van der Waals surface area contributed by atoms with Crippen molar-refractivity contribution in [2.45, 2.75) is 25.8 Å². The van der Waals surface area contributed by atoms with E-state index in [0.717, 1.165) is 16.6 Å². The number of aryl methyl sites for hydroxylation is 1. The highest BCUT2D eigenvalue weighted by Crippen LogP contribution is 2.22. The van der Waals surface area contributed by atoms with Crippen LogP contribution in [0.25, 0.3) is 0 Å². The van der Waals surface area contributed by atoms with Gasteiger partial charge in [0.1, 0.15) is 6.04 Å². The van der Waals surface area contributed by atoms with Crippen molar-refractivity contribution < 1.29 is 14.3 Å². The number of hydrogen-bond acceptors (Lipinski definition) is 4. The molecular formula is C20H25BrN2O3S. The van der Waals surface area contributed by atoms with E-state index in [1.165, 1.54) is 16.9 Å². The third kappa shape index (κ3) is 7.08. The van der Waals surface area contributed by atoms with E-state index >= 15 is 0 Å². The molecule has 2 amide bonds. The summed E-state index contributed by atoms with van der Waals surface area (Å²) in [7, 11) is 1.62. The van der Waals surface area contributed by atoms with E-state index in [1.807, 2.05) is 24.3 Å². The van der Waals surface area contributed by atoms with Gasteiger partial charge in [0.2, 0.25) is 5.91 Å². The van der Waals surface area contributed by atoms with Crippen LogP contribution in [-0.2, 0) is 16.0 Å². The molecule has 0 aliphatic heterocycles. The summed E-state index contributed by atoms with van der Waals surface area (Å²) in [5.74, 6) is -0.327. The minimum Gasteiger partial charge on any atom is -0.383 e. The van der Waals surface area contributed by atoms with Crippen LogP contribution in [-0.4, -0.2) is 49.6 Å². The summed E-state index contributed by atoms with van der Waals surface area (Å²) in [6.45, 7) is 3.33. The van der Waals surface area contributed by atoms with Crippen LogP contribution in [0.4, 0.5) is 0 Å². The van der Waals surface area contributed by atoms with Gasteiger partial charge in [0.25, 0.3) is 5.91 Å². The van der Waals surface area contributed by atoms with E-state index in [4.69, 9.17) is 4.74 Å². The van der Waals surface area contributed by atoms with E-state index in [0.29, 0.717) is 24.6 Å². The van der Waals surface area contributed by atoms with Crippen molar-refractivity contribution in [3.63, 3.8) is 0 Å². The fourth-order valence-corrected chi connectivity index (χ4v) is 3.98. The van der Waals surface area contributed by atoms with E-state index in [9.17, 15) is 9.59 Å². The molecule has 1 aromatic carbocycles. The minimum atomic E-state index is -0.591. The molecule has 146 valence electrons. The Labute approximate surface area is 172 Å². The largest absolute Gasteiger partial charge is 0.383 e. The fraction of sp³-hybridized carbons (Fsp3) is 0.400.